The molecule has 0 aliphatic carbocycles. The molecule has 1 aromatic heterocycles. The van der Waals surface area contributed by atoms with Gasteiger partial charge in [0.15, 0.2) is 0 Å². The van der Waals surface area contributed by atoms with Gasteiger partial charge in [0.2, 0.25) is 9.84 Å². The smallest absolute Gasteiger partial charge is 0.222 e. The fourth-order valence-electron chi connectivity index (χ4n) is 2.67. The second kappa shape index (κ2) is 5.70. The van der Waals surface area contributed by atoms with Crippen molar-refractivity contribution in [2.45, 2.75) is 30.7 Å². The van der Waals surface area contributed by atoms with Crippen LogP contribution in [0.5, 0.6) is 0 Å². The van der Waals surface area contributed by atoms with Crippen LogP contribution in [-0.2, 0) is 9.84 Å². The van der Waals surface area contributed by atoms with E-state index in [1.54, 1.807) is 12.1 Å². The third-order valence-corrected chi connectivity index (χ3v) is 5.86. The van der Waals surface area contributed by atoms with E-state index >= 15 is 0 Å². The molecular weight excluding hydrogens is 306 g/mol. The molecule has 0 atom stereocenters. The monoisotopic (exact) mass is 325 g/mol. The van der Waals surface area contributed by atoms with Crippen LogP contribution in [0.4, 0.5) is 0 Å². The normalized spacial score (nSPS) is 11.6. The number of nitrogens with one attached hydrogen (secondary N) is 1. The summed E-state index contributed by atoms with van der Waals surface area (Å²) in [5.74, 6) is 0. The van der Waals surface area contributed by atoms with E-state index in [4.69, 9.17) is 0 Å². The van der Waals surface area contributed by atoms with Gasteiger partial charge in [0.05, 0.1) is 4.90 Å². The Labute approximate surface area is 136 Å². The van der Waals surface area contributed by atoms with Crippen LogP contribution in [0.15, 0.2) is 64.5 Å². The summed E-state index contributed by atoms with van der Waals surface area (Å²) in [5, 5.41) is 0.266. The molecule has 3 aromatic rings. The van der Waals surface area contributed by atoms with Gasteiger partial charge in [-0.05, 0) is 44.0 Å². The van der Waals surface area contributed by atoms with Crippen LogP contribution in [0.2, 0.25) is 0 Å². The van der Waals surface area contributed by atoms with Crippen molar-refractivity contribution in [1.29, 1.82) is 0 Å². The third-order valence-electron chi connectivity index (χ3n) is 4.13. The highest BCUT2D eigenvalue weighted by molar-refractivity contribution is 7.91. The molecule has 0 amide bonds. The minimum Gasteiger partial charge on any atom is -0.349 e. The maximum Gasteiger partial charge on any atom is 0.222 e. The van der Waals surface area contributed by atoms with Crippen LogP contribution in [0.1, 0.15) is 16.8 Å². The summed E-state index contributed by atoms with van der Waals surface area (Å²) in [5.41, 5.74) is 4.52. The van der Waals surface area contributed by atoms with E-state index in [-0.39, 0.29) is 5.03 Å². The number of aromatic amines is 1. The van der Waals surface area contributed by atoms with E-state index < -0.39 is 9.84 Å². The first-order valence-corrected chi connectivity index (χ1v) is 8.96. The number of aromatic nitrogens is 1. The van der Waals surface area contributed by atoms with E-state index in [2.05, 4.69) is 4.98 Å². The zero-order valence-corrected chi connectivity index (χ0v) is 14.2. The molecular formula is C19H19NO2S. The lowest BCUT2D eigenvalue weighted by Crippen LogP contribution is -2.04. The summed E-state index contributed by atoms with van der Waals surface area (Å²) in [6.07, 6.45) is 0. The molecule has 1 N–H and O–H groups in total. The Kier molecular flexibility index (Phi) is 3.86. The first-order valence-electron chi connectivity index (χ1n) is 7.47. The van der Waals surface area contributed by atoms with Crippen LogP contribution in [0, 0.1) is 20.8 Å². The zero-order chi connectivity index (χ0) is 16.6. The first-order chi connectivity index (χ1) is 10.9. The lowest BCUT2D eigenvalue weighted by molar-refractivity contribution is 0.593. The fraction of sp³-hybridized carbons (Fsp3) is 0.158. The van der Waals surface area contributed by atoms with E-state index in [9.17, 15) is 8.42 Å². The van der Waals surface area contributed by atoms with Crippen LogP contribution in [-0.4, -0.2) is 13.4 Å². The molecule has 0 bridgehead atoms. The second-order valence-corrected chi connectivity index (χ2v) is 7.65. The average molecular weight is 325 g/mol. The molecule has 0 saturated heterocycles. The van der Waals surface area contributed by atoms with Crippen molar-refractivity contribution in [3.05, 3.63) is 71.4 Å². The standard InChI is InChI=1S/C19H19NO2S/c1-13-9-11-17(12-10-13)23(21,22)19-18(14(2)15(3)20-19)16-7-5-4-6-8-16/h4-12,20H,1-3H3. The van der Waals surface area contributed by atoms with Crippen LogP contribution >= 0.6 is 0 Å². The Bertz CT molecular complexity index is 937. The van der Waals surface area contributed by atoms with Gasteiger partial charge in [-0.2, -0.15) is 0 Å². The molecule has 0 radical (unpaired) electrons. The molecule has 3 rings (SSSR count). The Hall–Kier alpha value is -2.33. The molecule has 0 unspecified atom stereocenters. The number of H-pyrrole nitrogens is 1. The van der Waals surface area contributed by atoms with Crippen molar-refractivity contribution < 1.29 is 8.42 Å². The average Bonchev–Trinajstić information content (AvgIpc) is 2.85. The summed E-state index contributed by atoms with van der Waals surface area (Å²) in [4.78, 5) is 3.38. The molecule has 23 heavy (non-hydrogen) atoms. The lowest BCUT2D eigenvalue weighted by atomic mass is 10.0. The maximum atomic E-state index is 13.1. The number of hydrogen-bond acceptors (Lipinski definition) is 2. The van der Waals surface area contributed by atoms with Crippen molar-refractivity contribution in [3.63, 3.8) is 0 Å². The molecule has 2 aromatic carbocycles. The van der Waals surface area contributed by atoms with Gasteiger partial charge in [0.25, 0.3) is 0 Å². The minimum atomic E-state index is -3.59. The van der Waals surface area contributed by atoms with Gasteiger partial charge in [-0.3, -0.25) is 0 Å². The molecule has 0 spiro atoms. The van der Waals surface area contributed by atoms with Crippen LogP contribution in [0.3, 0.4) is 0 Å². The van der Waals surface area contributed by atoms with E-state index in [1.165, 1.54) is 0 Å². The third kappa shape index (κ3) is 2.70. The van der Waals surface area contributed by atoms with Crippen LogP contribution in [0.25, 0.3) is 11.1 Å². The largest absolute Gasteiger partial charge is 0.349 e. The van der Waals surface area contributed by atoms with Gasteiger partial charge in [-0.1, -0.05) is 48.0 Å². The predicted octanol–water partition coefficient (Wildman–Crippen LogP) is 4.44. The Morgan fingerprint density at radius 3 is 2.04 bits per heavy atom. The molecule has 0 saturated carbocycles. The second-order valence-electron chi connectivity index (χ2n) is 5.76. The first kappa shape index (κ1) is 15.6. The molecule has 118 valence electrons. The minimum absolute atomic E-state index is 0.266. The number of rotatable bonds is 3. The summed E-state index contributed by atoms with van der Waals surface area (Å²) in [6.45, 7) is 5.78. The van der Waals surface area contributed by atoms with Gasteiger partial charge >= 0.3 is 0 Å². The van der Waals surface area contributed by atoms with Crippen molar-refractivity contribution in [2.24, 2.45) is 0 Å². The molecule has 1 heterocycles. The molecule has 4 heteroatoms. The highest BCUT2D eigenvalue weighted by atomic mass is 32.2. The summed E-state index contributed by atoms with van der Waals surface area (Å²) in [7, 11) is -3.59. The van der Waals surface area contributed by atoms with Crippen molar-refractivity contribution in [1.82, 2.24) is 4.98 Å². The molecule has 3 nitrogen and oxygen atoms in total. The van der Waals surface area contributed by atoms with Gasteiger partial charge in [-0.25, -0.2) is 8.42 Å². The van der Waals surface area contributed by atoms with E-state index in [1.807, 2.05) is 63.2 Å². The van der Waals surface area contributed by atoms with Crippen molar-refractivity contribution in [2.75, 3.05) is 0 Å². The number of aryl methyl sites for hydroxylation is 2. The fourth-order valence-corrected chi connectivity index (χ4v) is 4.23. The predicted molar refractivity (Wildman–Crippen MR) is 92.3 cm³/mol. The van der Waals surface area contributed by atoms with Crippen LogP contribution < -0.4 is 0 Å². The van der Waals surface area contributed by atoms with Crippen molar-refractivity contribution in [3.8, 4) is 11.1 Å². The Morgan fingerprint density at radius 2 is 1.43 bits per heavy atom. The van der Waals surface area contributed by atoms with Gasteiger partial charge in [0, 0.05) is 11.3 Å². The Morgan fingerprint density at radius 1 is 0.826 bits per heavy atom. The zero-order valence-electron chi connectivity index (χ0n) is 13.4. The number of hydrogen-bond donors (Lipinski definition) is 1. The summed E-state index contributed by atoms with van der Waals surface area (Å²) in [6, 6.07) is 16.6. The SMILES string of the molecule is Cc1ccc(S(=O)(=O)c2[nH]c(C)c(C)c2-c2ccccc2)cc1. The maximum absolute atomic E-state index is 13.1. The summed E-state index contributed by atoms with van der Waals surface area (Å²) >= 11 is 0. The molecule has 0 aliphatic rings. The molecule has 0 aliphatic heterocycles. The van der Waals surface area contributed by atoms with Gasteiger partial charge in [0.1, 0.15) is 5.03 Å². The lowest BCUT2D eigenvalue weighted by Gasteiger charge is -2.08. The Balaban J connectivity index is 2.25. The quantitative estimate of drug-likeness (QED) is 0.774. The highest BCUT2D eigenvalue weighted by Gasteiger charge is 2.26. The number of benzene rings is 2. The van der Waals surface area contributed by atoms with Gasteiger partial charge < -0.3 is 4.98 Å². The van der Waals surface area contributed by atoms with Crippen molar-refractivity contribution >= 4 is 9.84 Å². The summed E-state index contributed by atoms with van der Waals surface area (Å²) < 4.78 is 26.1. The van der Waals surface area contributed by atoms with Gasteiger partial charge in [-0.15, -0.1) is 0 Å². The highest BCUT2D eigenvalue weighted by Crippen LogP contribution is 2.35. The van der Waals surface area contributed by atoms with E-state index in [0.29, 0.717) is 4.90 Å². The number of sulfone groups is 1. The molecule has 0 fully saturated rings. The van der Waals surface area contributed by atoms with E-state index in [0.717, 1.165) is 27.9 Å². The topological polar surface area (TPSA) is 49.9 Å².